The maximum absolute atomic E-state index is 12.3. The van der Waals surface area contributed by atoms with Gasteiger partial charge in [0.05, 0.1) is 30.8 Å². The van der Waals surface area contributed by atoms with E-state index in [9.17, 15) is 4.79 Å². The lowest BCUT2D eigenvalue weighted by Gasteiger charge is -2.29. The molecule has 0 aromatic heterocycles. The van der Waals surface area contributed by atoms with E-state index in [-0.39, 0.29) is 5.91 Å². The molecule has 0 saturated heterocycles. The van der Waals surface area contributed by atoms with Gasteiger partial charge >= 0.3 is 0 Å². The van der Waals surface area contributed by atoms with Crippen LogP contribution in [0.4, 0.5) is 5.69 Å². The molecular formula is C19H20Cl2N2O3. The number of rotatable bonds is 5. The Morgan fingerprint density at radius 1 is 1.08 bits per heavy atom. The molecule has 2 aromatic carbocycles. The summed E-state index contributed by atoms with van der Waals surface area (Å²) in [5, 5.41) is 3.73. The van der Waals surface area contributed by atoms with Gasteiger partial charge in [0.1, 0.15) is 0 Å². The van der Waals surface area contributed by atoms with Crippen LogP contribution in [0.3, 0.4) is 0 Å². The van der Waals surface area contributed by atoms with Crippen molar-refractivity contribution in [3.63, 3.8) is 0 Å². The average molecular weight is 395 g/mol. The zero-order valence-corrected chi connectivity index (χ0v) is 16.2. The number of methoxy groups -OCH3 is 2. The first-order chi connectivity index (χ1) is 12.5. The van der Waals surface area contributed by atoms with Gasteiger partial charge in [-0.15, -0.1) is 0 Å². The Labute approximate surface area is 162 Å². The zero-order valence-electron chi connectivity index (χ0n) is 14.6. The summed E-state index contributed by atoms with van der Waals surface area (Å²) in [6.45, 7) is 1.79. The molecule has 1 N–H and O–H groups in total. The third kappa shape index (κ3) is 4.23. The van der Waals surface area contributed by atoms with Gasteiger partial charge in [0.15, 0.2) is 11.5 Å². The summed E-state index contributed by atoms with van der Waals surface area (Å²) in [6, 6.07) is 9.04. The van der Waals surface area contributed by atoms with Crippen molar-refractivity contribution in [2.75, 3.05) is 32.6 Å². The highest BCUT2D eigenvalue weighted by molar-refractivity contribution is 6.42. The maximum atomic E-state index is 12.3. The first-order valence-corrected chi connectivity index (χ1v) is 8.96. The molecule has 0 radical (unpaired) electrons. The predicted molar refractivity (Wildman–Crippen MR) is 104 cm³/mol. The van der Waals surface area contributed by atoms with Crippen molar-refractivity contribution in [1.82, 2.24) is 4.90 Å². The fourth-order valence-corrected chi connectivity index (χ4v) is 3.35. The number of ether oxygens (including phenoxy) is 2. The number of fused-ring (bicyclic) bond motifs is 1. The number of benzene rings is 2. The summed E-state index contributed by atoms with van der Waals surface area (Å²) < 4.78 is 10.7. The highest BCUT2D eigenvalue weighted by atomic mass is 35.5. The molecule has 26 heavy (non-hydrogen) atoms. The Kier molecular flexibility index (Phi) is 5.91. The Bertz CT molecular complexity index is 827. The number of hydrogen-bond donors (Lipinski definition) is 1. The highest BCUT2D eigenvalue weighted by Gasteiger charge is 2.21. The predicted octanol–water partition coefficient (Wildman–Crippen LogP) is 4.01. The Balaban J connectivity index is 1.65. The zero-order chi connectivity index (χ0) is 18.7. The molecule has 1 aliphatic rings. The Hall–Kier alpha value is -1.95. The van der Waals surface area contributed by atoms with Crippen LogP contribution in [0.25, 0.3) is 0 Å². The van der Waals surface area contributed by atoms with Crippen molar-refractivity contribution in [2.24, 2.45) is 0 Å². The minimum atomic E-state index is -0.0904. The molecule has 7 heteroatoms. The van der Waals surface area contributed by atoms with E-state index in [2.05, 4.69) is 10.2 Å². The fourth-order valence-electron chi connectivity index (χ4n) is 3.05. The second kappa shape index (κ2) is 8.16. The lowest BCUT2D eigenvalue weighted by Crippen LogP contribution is -2.37. The van der Waals surface area contributed by atoms with Crippen LogP contribution >= 0.6 is 23.2 Å². The van der Waals surface area contributed by atoms with Crippen LogP contribution in [-0.2, 0) is 17.8 Å². The molecule has 0 fully saturated rings. The minimum absolute atomic E-state index is 0.0904. The van der Waals surface area contributed by atoms with E-state index in [1.54, 1.807) is 32.4 Å². The van der Waals surface area contributed by atoms with Crippen LogP contribution in [0, 0.1) is 0 Å². The van der Waals surface area contributed by atoms with Gasteiger partial charge in [0, 0.05) is 18.8 Å². The number of nitrogens with zero attached hydrogens (tertiary/aromatic N) is 1. The molecule has 0 spiro atoms. The van der Waals surface area contributed by atoms with E-state index in [1.807, 2.05) is 12.1 Å². The summed E-state index contributed by atoms with van der Waals surface area (Å²) in [7, 11) is 3.25. The van der Waals surface area contributed by atoms with Gasteiger partial charge in [0.2, 0.25) is 5.91 Å². The number of nitrogens with one attached hydrogen (secondary N) is 1. The summed E-state index contributed by atoms with van der Waals surface area (Å²) >= 11 is 11.9. The van der Waals surface area contributed by atoms with Gasteiger partial charge in [0.25, 0.3) is 0 Å². The minimum Gasteiger partial charge on any atom is -0.493 e. The number of anilines is 1. The molecule has 0 bridgehead atoms. The highest BCUT2D eigenvalue weighted by Crippen LogP contribution is 2.33. The van der Waals surface area contributed by atoms with Crippen molar-refractivity contribution in [2.45, 2.75) is 13.0 Å². The molecular weight excluding hydrogens is 375 g/mol. The van der Waals surface area contributed by atoms with E-state index >= 15 is 0 Å². The molecule has 2 aromatic rings. The number of halogens is 2. The number of amides is 1. The standard InChI is InChI=1S/C19H20Cl2N2O3/c1-25-17-7-12-5-6-23(10-13(12)8-18(17)26-2)11-19(24)22-14-3-4-15(20)16(21)9-14/h3-4,7-9H,5-6,10-11H2,1-2H3,(H,22,24). The van der Waals surface area contributed by atoms with Crippen molar-refractivity contribution in [3.05, 3.63) is 51.5 Å². The van der Waals surface area contributed by atoms with Crippen molar-refractivity contribution >= 4 is 34.8 Å². The van der Waals surface area contributed by atoms with Crippen molar-refractivity contribution < 1.29 is 14.3 Å². The quantitative estimate of drug-likeness (QED) is 0.832. The third-order valence-electron chi connectivity index (χ3n) is 4.37. The van der Waals surface area contributed by atoms with Crippen molar-refractivity contribution in [1.29, 1.82) is 0 Å². The molecule has 1 heterocycles. The molecule has 3 rings (SSSR count). The number of carbonyl (C=O) groups excluding carboxylic acids is 1. The van der Waals surface area contributed by atoms with Gasteiger partial charge in [-0.25, -0.2) is 0 Å². The van der Waals surface area contributed by atoms with E-state index in [0.29, 0.717) is 34.6 Å². The summed E-state index contributed by atoms with van der Waals surface area (Å²) in [4.78, 5) is 14.4. The van der Waals surface area contributed by atoms with E-state index < -0.39 is 0 Å². The smallest absolute Gasteiger partial charge is 0.238 e. The summed E-state index contributed by atoms with van der Waals surface area (Å²) in [5.74, 6) is 1.35. The summed E-state index contributed by atoms with van der Waals surface area (Å²) in [6.07, 6.45) is 0.857. The van der Waals surface area contributed by atoms with Gasteiger partial charge in [-0.05, 0) is 47.9 Å². The molecule has 0 atom stereocenters. The topological polar surface area (TPSA) is 50.8 Å². The second-order valence-corrected chi connectivity index (χ2v) is 6.93. The van der Waals surface area contributed by atoms with Crippen LogP contribution < -0.4 is 14.8 Å². The molecule has 5 nitrogen and oxygen atoms in total. The van der Waals surface area contributed by atoms with Crippen molar-refractivity contribution in [3.8, 4) is 11.5 Å². The first-order valence-electron chi connectivity index (χ1n) is 8.21. The largest absolute Gasteiger partial charge is 0.493 e. The molecule has 0 unspecified atom stereocenters. The van der Waals surface area contributed by atoms with E-state index in [0.717, 1.165) is 24.3 Å². The molecule has 0 aliphatic carbocycles. The monoisotopic (exact) mass is 394 g/mol. The molecule has 138 valence electrons. The maximum Gasteiger partial charge on any atom is 0.238 e. The van der Waals surface area contributed by atoms with Gasteiger partial charge in [-0.2, -0.15) is 0 Å². The number of carbonyl (C=O) groups is 1. The van der Waals surface area contributed by atoms with Crippen LogP contribution in [0.1, 0.15) is 11.1 Å². The molecule has 1 aliphatic heterocycles. The first kappa shape index (κ1) is 18.8. The Morgan fingerprint density at radius 3 is 2.42 bits per heavy atom. The van der Waals surface area contributed by atoms with Gasteiger partial charge < -0.3 is 14.8 Å². The van der Waals surface area contributed by atoms with E-state index in [1.165, 1.54) is 5.56 Å². The molecule has 0 saturated carbocycles. The van der Waals surface area contributed by atoms with Gasteiger partial charge in [-0.1, -0.05) is 23.2 Å². The van der Waals surface area contributed by atoms with Crippen LogP contribution in [0.5, 0.6) is 11.5 Å². The molecule has 1 amide bonds. The SMILES string of the molecule is COc1cc2c(cc1OC)CN(CC(=O)Nc1ccc(Cl)c(Cl)c1)CC2. The van der Waals surface area contributed by atoms with Crippen LogP contribution in [0.15, 0.2) is 30.3 Å². The Morgan fingerprint density at radius 2 is 1.77 bits per heavy atom. The third-order valence-corrected chi connectivity index (χ3v) is 5.11. The fraction of sp³-hybridized carbons (Fsp3) is 0.316. The number of hydrogen-bond acceptors (Lipinski definition) is 4. The van der Waals surface area contributed by atoms with Crippen LogP contribution in [0.2, 0.25) is 10.0 Å². The average Bonchev–Trinajstić information content (AvgIpc) is 2.63. The normalized spacial score (nSPS) is 13.8. The lowest BCUT2D eigenvalue weighted by molar-refractivity contribution is -0.117. The second-order valence-electron chi connectivity index (χ2n) is 6.11. The van der Waals surface area contributed by atoms with Gasteiger partial charge in [-0.3, -0.25) is 9.69 Å². The van der Waals surface area contributed by atoms with Crippen LogP contribution in [-0.4, -0.2) is 38.1 Å². The summed E-state index contributed by atoms with van der Waals surface area (Å²) in [5.41, 5.74) is 3.01. The lowest BCUT2D eigenvalue weighted by atomic mass is 9.99. The van der Waals surface area contributed by atoms with E-state index in [4.69, 9.17) is 32.7 Å².